The van der Waals surface area contributed by atoms with E-state index in [4.69, 9.17) is 9.84 Å². The molecule has 0 amide bonds. The number of nitrogens with one attached hydrogen (secondary N) is 1. The molecule has 2 N–H and O–H groups in total. The predicted molar refractivity (Wildman–Crippen MR) is 87.6 cm³/mol. The maximum Gasteiger partial charge on any atom is 0.338 e. The number of hydrogen-bond acceptors (Lipinski definition) is 5. The van der Waals surface area contributed by atoms with Crippen LogP contribution < -0.4 is 4.72 Å². The van der Waals surface area contributed by atoms with Crippen LogP contribution >= 0.6 is 0 Å². The van der Waals surface area contributed by atoms with Gasteiger partial charge in [-0.1, -0.05) is 0 Å². The molecule has 0 spiro atoms. The normalized spacial score (nSPS) is 20.4. The Bertz CT molecular complexity index is 786. The van der Waals surface area contributed by atoms with Crippen LogP contribution in [-0.4, -0.2) is 62.8 Å². The Morgan fingerprint density at radius 3 is 2.56 bits per heavy atom. The Hall–Kier alpha value is -1.55. The summed E-state index contributed by atoms with van der Waals surface area (Å²) in [5.74, 6) is -2.73. The van der Waals surface area contributed by atoms with Gasteiger partial charge in [0.2, 0.25) is 10.0 Å². The first kappa shape index (κ1) is 18.2. The number of sulfonamides is 1. The molecule has 0 radical (unpaired) electrons. The molecule has 138 valence electrons. The standard InChI is InChI=1S/C16H21FN2O5S/c1-11-8-12(15(20)21)14(17)13(9-11)25(22,23)18-10-16(2-3-16)19-4-6-24-7-5-19/h8-9,18H,2-7,10H2,1H3,(H,20,21). The molecule has 0 bridgehead atoms. The SMILES string of the molecule is Cc1cc(C(=O)O)c(F)c(S(=O)(=O)NCC2(N3CCOCC3)CC2)c1. The van der Waals surface area contributed by atoms with Crippen LogP contribution in [0, 0.1) is 12.7 Å². The molecule has 1 aromatic carbocycles. The Morgan fingerprint density at radius 2 is 2.00 bits per heavy atom. The Balaban J connectivity index is 1.80. The highest BCUT2D eigenvalue weighted by atomic mass is 32.2. The molecule has 9 heteroatoms. The third kappa shape index (κ3) is 3.69. The van der Waals surface area contributed by atoms with Gasteiger partial charge in [-0.25, -0.2) is 22.3 Å². The summed E-state index contributed by atoms with van der Waals surface area (Å²) in [4.78, 5) is 12.7. The molecule has 0 aromatic heterocycles. The van der Waals surface area contributed by atoms with Gasteiger partial charge in [0.15, 0.2) is 5.82 Å². The van der Waals surface area contributed by atoms with E-state index in [1.54, 1.807) is 0 Å². The Labute approximate surface area is 145 Å². The average molecular weight is 372 g/mol. The van der Waals surface area contributed by atoms with Crippen LogP contribution in [0.25, 0.3) is 0 Å². The van der Waals surface area contributed by atoms with Crippen LogP contribution in [0.1, 0.15) is 28.8 Å². The van der Waals surface area contributed by atoms with Crippen LogP contribution in [0.15, 0.2) is 17.0 Å². The van der Waals surface area contributed by atoms with Gasteiger partial charge >= 0.3 is 5.97 Å². The van der Waals surface area contributed by atoms with Gasteiger partial charge in [0.25, 0.3) is 0 Å². The smallest absolute Gasteiger partial charge is 0.338 e. The van der Waals surface area contributed by atoms with Crippen LogP contribution in [0.5, 0.6) is 0 Å². The number of aromatic carboxylic acids is 1. The minimum absolute atomic E-state index is 0.172. The number of carboxylic acids is 1. The molecule has 1 aliphatic carbocycles. The summed E-state index contributed by atoms with van der Waals surface area (Å²) in [7, 11) is -4.15. The molecule has 1 saturated carbocycles. The maximum absolute atomic E-state index is 14.4. The maximum atomic E-state index is 14.4. The summed E-state index contributed by atoms with van der Waals surface area (Å²) in [5.41, 5.74) is -0.518. The van der Waals surface area contributed by atoms with Gasteiger partial charge in [-0.2, -0.15) is 0 Å². The Morgan fingerprint density at radius 1 is 1.36 bits per heavy atom. The highest BCUT2D eigenvalue weighted by Gasteiger charge is 2.48. The number of morpholine rings is 1. The fourth-order valence-electron chi connectivity index (χ4n) is 3.18. The quantitative estimate of drug-likeness (QED) is 0.773. The molecular formula is C16H21FN2O5S. The predicted octanol–water partition coefficient (Wildman–Crippen LogP) is 0.975. The average Bonchev–Trinajstić information content (AvgIpc) is 3.37. The van der Waals surface area contributed by atoms with Crippen molar-refractivity contribution >= 4 is 16.0 Å². The molecule has 0 unspecified atom stereocenters. The van der Waals surface area contributed by atoms with Crippen molar-refractivity contribution in [3.8, 4) is 0 Å². The van der Waals surface area contributed by atoms with E-state index >= 15 is 0 Å². The highest BCUT2D eigenvalue weighted by molar-refractivity contribution is 7.89. The summed E-state index contributed by atoms with van der Waals surface area (Å²) in [6, 6.07) is 2.27. The van der Waals surface area contributed by atoms with Crippen molar-refractivity contribution in [1.29, 1.82) is 0 Å². The minimum Gasteiger partial charge on any atom is -0.478 e. The number of halogens is 1. The first-order chi connectivity index (χ1) is 11.8. The lowest BCUT2D eigenvalue weighted by atomic mass is 10.1. The third-order valence-corrected chi connectivity index (χ3v) is 6.20. The van der Waals surface area contributed by atoms with E-state index in [9.17, 15) is 17.6 Å². The number of ether oxygens (including phenoxy) is 1. The van der Waals surface area contributed by atoms with E-state index in [1.165, 1.54) is 6.92 Å². The lowest BCUT2D eigenvalue weighted by molar-refractivity contribution is 0.0108. The second-order valence-corrected chi connectivity index (χ2v) is 8.31. The van der Waals surface area contributed by atoms with Crippen molar-refractivity contribution in [3.63, 3.8) is 0 Å². The molecule has 2 fully saturated rings. The number of benzene rings is 1. The zero-order chi connectivity index (χ0) is 18.2. The van der Waals surface area contributed by atoms with E-state index in [-0.39, 0.29) is 12.1 Å². The van der Waals surface area contributed by atoms with E-state index in [1.807, 2.05) is 0 Å². The van der Waals surface area contributed by atoms with Gasteiger partial charge in [0.1, 0.15) is 4.90 Å². The highest BCUT2D eigenvalue weighted by Crippen LogP contribution is 2.41. The van der Waals surface area contributed by atoms with Gasteiger partial charge < -0.3 is 9.84 Å². The van der Waals surface area contributed by atoms with Crippen molar-refractivity contribution in [3.05, 3.63) is 29.1 Å². The van der Waals surface area contributed by atoms with Gasteiger partial charge in [-0.05, 0) is 37.5 Å². The molecule has 3 rings (SSSR count). The largest absolute Gasteiger partial charge is 0.478 e. The number of aryl methyl sites for hydroxylation is 1. The first-order valence-electron chi connectivity index (χ1n) is 8.11. The molecule has 1 aromatic rings. The number of carbonyl (C=O) groups is 1. The van der Waals surface area contributed by atoms with Crippen LogP contribution in [0.4, 0.5) is 4.39 Å². The molecule has 1 saturated heterocycles. The van der Waals surface area contributed by atoms with E-state index in [0.717, 1.165) is 38.1 Å². The van der Waals surface area contributed by atoms with Crippen molar-refractivity contribution in [2.75, 3.05) is 32.8 Å². The van der Waals surface area contributed by atoms with Crippen LogP contribution in [0.2, 0.25) is 0 Å². The second kappa shape index (κ2) is 6.64. The molecule has 7 nitrogen and oxygen atoms in total. The minimum atomic E-state index is -4.15. The lowest BCUT2D eigenvalue weighted by Gasteiger charge is -2.34. The van der Waals surface area contributed by atoms with Crippen molar-refractivity contribution in [2.24, 2.45) is 0 Å². The van der Waals surface area contributed by atoms with E-state index in [0.29, 0.717) is 18.8 Å². The van der Waals surface area contributed by atoms with Gasteiger partial charge in [0, 0.05) is 25.2 Å². The summed E-state index contributed by atoms with van der Waals surface area (Å²) >= 11 is 0. The zero-order valence-corrected chi connectivity index (χ0v) is 14.7. The van der Waals surface area contributed by atoms with E-state index < -0.39 is 32.3 Å². The summed E-state index contributed by atoms with van der Waals surface area (Å²) in [5, 5.41) is 9.05. The molecule has 2 aliphatic rings. The summed E-state index contributed by atoms with van der Waals surface area (Å²) in [6.07, 6.45) is 1.73. The number of nitrogens with zero attached hydrogens (tertiary/aromatic N) is 1. The number of rotatable bonds is 6. The third-order valence-electron chi connectivity index (χ3n) is 4.80. The number of carboxylic acid groups (broad SMARTS) is 1. The van der Waals surface area contributed by atoms with Crippen molar-refractivity contribution in [1.82, 2.24) is 9.62 Å². The first-order valence-corrected chi connectivity index (χ1v) is 9.59. The Kier molecular flexibility index (Phi) is 4.84. The van der Waals surface area contributed by atoms with Gasteiger partial charge in [-0.15, -0.1) is 0 Å². The van der Waals surface area contributed by atoms with Gasteiger partial charge in [0.05, 0.1) is 18.8 Å². The van der Waals surface area contributed by atoms with Crippen LogP contribution in [0.3, 0.4) is 0 Å². The lowest BCUT2D eigenvalue weighted by Crippen LogP contribution is -2.50. The molecule has 0 atom stereocenters. The second-order valence-electron chi connectivity index (χ2n) is 6.58. The fourth-order valence-corrected chi connectivity index (χ4v) is 4.48. The monoisotopic (exact) mass is 372 g/mol. The zero-order valence-electron chi connectivity index (χ0n) is 13.9. The fraction of sp³-hybridized carbons (Fsp3) is 0.562. The molecule has 1 heterocycles. The summed E-state index contributed by atoms with van der Waals surface area (Å²) in [6.45, 7) is 4.41. The molecule has 1 aliphatic heterocycles. The molecule has 25 heavy (non-hydrogen) atoms. The van der Waals surface area contributed by atoms with Crippen LogP contribution in [-0.2, 0) is 14.8 Å². The van der Waals surface area contributed by atoms with Gasteiger partial charge in [-0.3, -0.25) is 4.90 Å². The number of hydrogen-bond donors (Lipinski definition) is 2. The molecular weight excluding hydrogens is 351 g/mol. The van der Waals surface area contributed by atoms with E-state index in [2.05, 4.69) is 9.62 Å². The van der Waals surface area contributed by atoms with Crippen molar-refractivity contribution in [2.45, 2.75) is 30.2 Å². The summed E-state index contributed by atoms with van der Waals surface area (Å²) < 4.78 is 47.2. The van der Waals surface area contributed by atoms with Crippen molar-refractivity contribution < 1.29 is 27.4 Å². The topological polar surface area (TPSA) is 95.9 Å².